The normalized spacial score (nSPS) is 18.4. The van der Waals surface area contributed by atoms with Gasteiger partial charge in [0.15, 0.2) is 0 Å². The fraction of sp³-hybridized carbons (Fsp3) is 0. The van der Waals surface area contributed by atoms with Crippen LogP contribution in [0.25, 0.3) is 0 Å². The van der Waals surface area contributed by atoms with Crippen molar-refractivity contribution in [2.24, 2.45) is 0 Å². The van der Waals surface area contributed by atoms with Crippen molar-refractivity contribution in [3.8, 4) is 0 Å². The molecule has 7 heavy (non-hydrogen) atoms. The van der Waals surface area contributed by atoms with Crippen molar-refractivity contribution in [2.45, 2.75) is 0 Å². The third-order valence-electron chi connectivity index (χ3n) is 1.01. The molecule has 44 valence electrons. The number of hydrogen-bond acceptors (Lipinski definition) is 1. The van der Waals surface area contributed by atoms with Crippen molar-refractivity contribution in [1.82, 2.24) is 0 Å². The van der Waals surface area contributed by atoms with E-state index in [4.69, 9.17) is 4.80 Å². The molecule has 0 aromatic heterocycles. The van der Waals surface area contributed by atoms with Gasteiger partial charge < -0.3 is 4.80 Å². The summed E-state index contributed by atoms with van der Waals surface area (Å²) in [7, 11) is 3.59. The summed E-state index contributed by atoms with van der Waals surface area (Å²) >= 11 is 0. The molecule has 0 unspecified atom stereocenters. The Morgan fingerprint density at radius 1 is 1.14 bits per heavy atom. The summed E-state index contributed by atoms with van der Waals surface area (Å²) in [5, 5.41) is 0. The van der Waals surface area contributed by atoms with E-state index in [1.54, 1.807) is 9.76 Å². The lowest BCUT2D eigenvalue weighted by Gasteiger charge is -1.85. The molecule has 0 aliphatic heterocycles. The van der Waals surface area contributed by atoms with Gasteiger partial charge in [-0.25, -0.2) is 0 Å². The minimum absolute atomic E-state index is 0.333. The average Bonchev–Trinajstić information content (AvgIpc) is 1.69. The van der Waals surface area contributed by atoms with Gasteiger partial charge in [0, 0.05) is 8.55 Å². The SMILES string of the molecule is O[SiH2][SiH2][SiH2][SiH2][SiH2][SiH3]. The zero-order valence-corrected chi connectivity index (χ0v) is 14.1. The first-order chi connectivity index (χ1) is 3.41. The molecule has 0 bridgehead atoms. The van der Waals surface area contributed by atoms with Crippen LogP contribution in [0.15, 0.2) is 0 Å². The maximum Gasteiger partial charge on any atom is 0.135 e. The highest BCUT2D eigenvalue weighted by atomic mass is 29.9. The Balaban J connectivity index is 2.45. The lowest BCUT2D eigenvalue weighted by Crippen LogP contribution is -2.22. The molecule has 0 fully saturated rings. The van der Waals surface area contributed by atoms with E-state index >= 15 is 0 Å². The van der Waals surface area contributed by atoms with Gasteiger partial charge in [0.25, 0.3) is 0 Å². The molecule has 0 aromatic rings. The van der Waals surface area contributed by atoms with Crippen molar-refractivity contribution < 1.29 is 4.80 Å². The topological polar surface area (TPSA) is 20.2 Å². The third kappa shape index (κ3) is 7.26. The van der Waals surface area contributed by atoms with Crippen molar-refractivity contribution in [2.75, 3.05) is 0 Å². The van der Waals surface area contributed by atoms with Crippen LogP contribution >= 0.6 is 0 Å². The van der Waals surface area contributed by atoms with Crippen LogP contribution < -0.4 is 0 Å². The largest absolute Gasteiger partial charge is 0.442 e. The highest BCUT2D eigenvalue weighted by molar-refractivity contribution is 7.57. The van der Waals surface area contributed by atoms with E-state index < -0.39 is 0 Å². The Morgan fingerprint density at radius 3 is 2.29 bits per heavy atom. The maximum atomic E-state index is 8.58. The molecule has 1 nitrogen and oxygen atoms in total. The highest BCUT2D eigenvalue weighted by Gasteiger charge is 1.86. The molecule has 0 aliphatic rings. The first-order valence-corrected chi connectivity index (χ1v) is 25.3. The molecule has 0 radical (unpaired) electrons. The van der Waals surface area contributed by atoms with Crippen molar-refractivity contribution in [1.29, 1.82) is 0 Å². The smallest absolute Gasteiger partial charge is 0.135 e. The van der Waals surface area contributed by atoms with E-state index in [1.165, 1.54) is 0 Å². The van der Waals surface area contributed by atoms with Gasteiger partial charge in [0.2, 0.25) is 0 Å². The van der Waals surface area contributed by atoms with Crippen LogP contribution in [-0.4, -0.2) is 58.1 Å². The molecule has 0 saturated carbocycles. The number of rotatable bonds is 4. The second-order valence-corrected chi connectivity index (χ2v) is 44.2. The lowest BCUT2D eigenvalue weighted by atomic mass is 15.9. The van der Waals surface area contributed by atoms with E-state index in [2.05, 4.69) is 0 Å². The standard InChI is InChI=1S/H14OSi6/c1-3-5-7-6-4-2/h1H,3-7H2,2H3. The van der Waals surface area contributed by atoms with E-state index in [-0.39, 0.29) is 9.28 Å². The van der Waals surface area contributed by atoms with Gasteiger partial charge in [0.05, 0.1) is 0 Å². The predicted molar refractivity (Wildman–Crippen MR) is 54.9 cm³/mol. The summed E-state index contributed by atoms with van der Waals surface area (Å²) in [5.74, 6) is 0. The van der Waals surface area contributed by atoms with Crippen LogP contribution in [0, 0.1) is 0 Å². The summed E-state index contributed by atoms with van der Waals surface area (Å²) in [5.41, 5.74) is 0. The Hall–Kier alpha value is 1.26. The highest BCUT2D eigenvalue weighted by Crippen LogP contribution is 1.47. The summed E-state index contributed by atoms with van der Waals surface area (Å²) in [6.45, 7) is 0. The van der Waals surface area contributed by atoms with Crippen molar-refractivity contribution >= 4 is 53.3 Å². The summed E-state index contributed by atoms with van der Waals surface area (Å²) in [4.78, 5) is 8.58. The minimum atomic E-state index is -0.333. The molecule has 0 rings (SSSR count). The molecule has 7 heteroatoms. The van der Waals surface area contributed by atoms with Gasteiger partial charge >= 0.3 is 0 Å². The van der Waals surface area contributed by atoms with Crippen molar-refractivity contribution in [3.63, 3.8) is 0 Å². The molecule has 0 atom stereocenters. The fourth-order valence-electron chi connectivity index (χ4n) is 0.539. The van der Waals surface area contributed by atoms with Gasteiger partial charge in [0.1, 0.15) is 9.28 Å². The molecular weight excluding hydrogens is 185 g/mol. The quantitative estimate of drug-likeness (QED) is 0.352. The summed E-state index contributed by atoms with van der Waals surface area (Å²) < 4.78 is 0. The van der Waals surface area contributed by atoms with Gasteiger partial charge in [-0.1, -0.05) is 0 Å². The Kier molecular flexibility index (Phi) is 8.57. The maximum absolute atomic E-state index is 8.58. The first-order valence-electron chi connectivity index (χ1n) is 3.02. The van der Waals surface area contributed by atoms with Crippen molar-refractivity contribution in [3.05, 3.63) is 0 Å². The molecule has 0 saturated heterocycles. The van der Waals surface area contributed by atoms with E-state index in [0.29, 0.717) is 34.2 Å². The molecule has 0 spiro atoms. The predicted octanol–water partition coefficient (Wildman–Crippen LogP) is -6.32. The van der Waals surface area contributed by atoms with E-state index in [1.807, 2.05) is 0 Å². The van der Waals surface area contributed by atoms with Crippen LogP contribution in [0.3, 0.4) is 0 Å². The van der Waals surface area contributed by atoms with Gasteiger partial charge in [-0.3, -0.25) is 0 Å². The zero-order chi connectivity index (χ0) is 5.54. The van der Waals surface area contributed by atoms with E-state index in [0.717, 1.165) is 0 Å². The van der Waals surface area contributed by atoms with Crippen LogP contribution in [0.2, 0.25) is 0 Å². The van der Waals surface area contributed by atoms with Gasteiger partial charge in [-0.15, -0.1) is 0 Å². The summed E-state index contributed by atoms with van der Waals surface area (Å²) in [6, 6.07) is 0. The second kappa shape index (κ2) is 7.26. The molecular formula is H14OSi6. The number of hydrogen-bond donors (Lipinski definition) is 1. The molecule has 1 N–H and O–H groups in total. The Bertz CT molecular complexity index is 23.4. The molecule has 0 aliphatic carbocycles. The van der Waals surface area contributed by atoms with Crippen LogP contribution in [0.5, 0.6) is 0 Å². The third-order valence-corrected chi connectivity index (χ3v) is 73.4. The van der Waals surface area contributed by atoms with Gasteiger partial charge in [-0.2, -0.15) is 0 Å². The zero-order valence-electron chi connectivity index (χ0n) is 4.98. The molecule has 0 heterocycles. The second-order valence-electron chi connectivity index (χ2n) is 1.78. The molecule has 0 amide bonds. The fourth-order valence-corrected chi connectivity index (χ4v) is 113. The minimum Gasteiger partial charge on any atom is -0.442 e. The van der Waals surface area contributed by atoms with E-state index in [9.17, 15) is 0 Å². The Morgan fingerprint density at radius 2 is 1.86 bits per heavy atom. The monoisotopic (exact) mass is 198 g/mol. The first kappa shape index (κ1) is 8.26. The van der Waals surface area contributed by atoms with Crippen LogP contribution in [0.4, 0.5) is 0 Å². The Labute approximate surface area is 58.3 Å². The van der Waals surface area contributed by atoms with Gasteiger partial charge in [-0.05, 0) is 35.4 Å². The van der Waals surface area contributed by atoms with Crippen LogP contribution in [-0.2, 0) is 0 Å². The molecule has 0 aromatic carbocycles. The summed E-state index contributed by atoms with van der Waals surface area (Å²) in [6.07, 6.45) is 0. The lowest BCUT2D eigenvalue weighted by molar-refractivity contribution is 0.621. The average molecular weight is 199 g/mol. The van der Waals surface area contributed by atoms with Crippen LogP contribution in [0.1, 0.15) is 0 Å².